The highest BCUT2D eigenvalue weighted by molar-refractivity contribution is 5.74. The highest BCUT2D eigenvalue weighted by atomic mass is 19.4. The minimum atomic E-state index is -4.07. The summed E-state index contributed by atoms with van der Waals surface area (Å²) in [6.45, 7) is 23.7. The first kappa shape index (κ1) is 79.4. The Balaban J connectivity index is 0.000000273. The molecule has 0 atom stereocenters. The number of aliphatic hydroxyl groups excluding tert-OH is 1. The van der Waals surface area contributed by atoms with Crippen LogP contribution in [0.3, 0.4) is 0 Å². The van der Waals surface area contributed by atoms with Gasteiger partial charge in [-0.25, -0.2) is 18.0 Å². The Bertz CT molecular complexity index is 1730. The molecule has 15 nitrogen and oxygen atoms in total. The van der Waals surface area contributed by atoms with Crippen molar-refractivity contribution in [1.82, 2.24) is 63.7 Å². The molecule has 2 aliphatic carbocycles. The molecule has 0 aromatic carbocycles. The molecule has 8 fully saturated rings. The van der Waals surface area contributed by atoms with Crippen LogP contribution in [0.25, 0.3) is 0 Å². The van der Waals surface area contributed by atoms with Crippen LogP contribution in [-0.4, -0.2) is 349 Å². The summed E-state index contributed by atoms with van der Waals surface area (Å²) in [6, 6.07) is 3.56. The van der Waals surface area contributed by atoms with Crippen LogP contribution in [0.15, 0.2) is 0 Å². The number of hydrogen-bond donors (Lipinski definition) is 1. The van der Waals surface area contributed by atoms with E-state index in [1.807, 2.05) is 44.9 Å². The van der Waals surface area contributed by atoms with Crippen molar-refractivity contribution in [3.63, 3.8) is 0 Å². The number of rotatable bonds is 20. The number of urea groups is 1. The van der Waals surface area contributed by atoms with E-state index in [2.05, 4.69) is 81.2 Å². The molecule has 2 amide bonds. The molecule has 6 saturated heterocycles. The number of hydrogen-bond acceptors (Lipinski definition) is 13. The van der Waals surface area contributed by atoms with Crippen molar-refractivity contribution >= 4 is 6.03 Å². The van der Waals surface area contributed by atoms with Crippen molar-refractivity contribution in [3.05, 3.63) is 0 Å². The van der Waals surface area contributed by atoms with Crippen LogP contribution in [-0.2, 0) is 0 Å². The Morgan fingerprint density at radius 3 is 1.01 bits per heavy atom. The fraction of sp³-hybridized carbons (Fsp3) is 0.984. The number of likely N-dealkylation sites (tertiary alicyclic amines) is 6. The third-order valence-electron chi connectivity index (χ3n) is 19.1. The van der Waals surface area contributed by atoms with E-state index in [0.717, 1.165) is 168 Å². The van der Waals surface area contributed by atoms with Crippen molar-refractivity contribution in [3.8, 4) is 0 Å². The Morgan fingerprint density at radius 1 is 0.425 bits per heavy atom. The Labute approximate surface area is 522 Å². The number of alkyl halides is 9. The van der Waals surface area contributed by atoms with E-state index in [4.69, 9.17) is 5.11 Å². The van der Waals surface area contributed by atoms with E-state index in [9.17, 15) is 44.3 Å². The lowest BCUT2D eigenvalue weighted by atomic mass is 10.0. The van der Waals surface area contributed by atoms with Gasteiger partial charge in [-0.05, 0) is 250 Å². The quantitative estimate of drug-likeness (QED) is 0.118. The second kappa shape index (κ2) is 41.7. The number of carbonyl (C=O) groups is 1. The van der Waals surface area contributed by atoms with Crippen LogP contribution in [0, 0.1) is 0 Å². The summed E-state index contributed by atoms with van der Waals surface area (Å²) >= 11 is 0. The smallest absolute Gasteiger partial charge is 0.395 e. The third kappa shape index (κ3) is 32.5. The van der Waals surface area contributed by atoms with E-state index < -0.39 is 31.9 Å². The van der Waals surface area contributed by atoms with Gasteiger partial charge in [-0.15, -0.1) is 0 Å². The summed E-state index contributed by atoms with van der Waals surface area (Å²) in [4.78, 5) is 39.2. The highest BCUT2D eigenvalue weighted by Crippen LogP contribution is 2.35. The number of nitrogens with zero attached hydrogens (tertiary/aromatic N) is 13. The molecule has 87 heavy (non-hydrogen) atoms. The van der Waals surface area contributed by atoms with Gasteiger partial charge in [0.05, 0.1) is 26.2 Å². The van der Waals surface area contributed by atoms with Gasteiger partial charge >= 0.3 is 18.4 Å². The molecular formula is C63H124F9N13O2. The summed E-state index contributed by atoms with van der Waals surface area (Å²) in [5, 5.41) is 9.04. The summed E-state index contributed by atoms with van der Waals surface area (Å²) in [5.74, 6) is 0. The molecule has 0 aromatic rings. The van der Waals surface area contributed by atoms with Crippen molar-refractivity contribution in [1.29, 1.82) is 0 Å². The molecule has 516 valence electrons. The molecule has 8 rings (SSSR count). The average Bonchev–Trinajstić information content (AvgIpc) is 4.51. The summed E-state index contributed by atoms with van der Waals surface area (Å²) in [7, 11) is 16.3. The monoisotopic (exact) mass is 1270 g/mol. The molecular weight excluding hydrogens is 1140 g/mol. The van der Waals surface area contributed by atoms with E-state index in [1.165, 1.54) is 51.6 Å². The maximum atomic E-state index is 12.5. The maximum Gasteiger partial charge on any atom is 0.401 e. The molecule has 0 radical (unpaired) electrons. The zero-order chi connectivity index (χ0) is 64.9. The molecule has 6 heterocycles. The van der Waals surface area contributed by atoms with E-state index >= 15 is 0 Å². The second-order valence-corrected chi connectivity index (χ2v) is 26.4. The van der Waals surface area contributed by atoms with Gasteiger partial charge in [0.25, 0.3) is 6.43 Å². The maximum absolute atomic E-state index is 12.5. The number of halogens is 9. The Hall–Kier alpha value is -1.84. The number of piperidine rings is 6. The van der Waals surface area contributed by atoms with Gasteiger partial charge in [-0.1, -0.05) is 20.8 Å². The van der Waals surface area contributed by atoms with Crippen molar-refractivity contribution < 1.29 is 49.4 Å². The van der Waals surface area contributed by atoms with E-state index in [1.54, 1.807) is 21.6 Å². The van der Waals surface area contributed by atoms with Crippen molar-refractivity contribution in [2.24, 2.45) is 0 Å². The number of aliphatic hydroxyl groups is 1. The average molecular weight is 1270 g/mol. The van der Waals surface area contributed by atoms with Gasteiger partial charge in [0, 0.05) is 82.1 Å². The first-order valence-corrected chi connectivity index (χ1v) is 33.6. The van der Waals surface area contributed by atoms with Gasteiger partial charge in [-0.2, -0.15) is 26.3 Å². The van der Waals surface area contributed by atoms with Crippen LogP contribution in [0.4, 0.5) is 44.3 Å². The normalized spacial score (nSPS) is 22.3. The molecule has 6 aliphatic heterocycles. The fourth-order valence-electron chi connectivity index (χ4n) is 13.4. The molecule has 0 aromatic heterocycles. The third-order valence-corrected chi connectivity index (χ3v) is 19.1. The zero-order valence-electron chi connectivity index (χ0n) is 56.3. The molecule has 0 bridgehead atoms. The number of carbonyl (C=O) groups excluding carboxylic acids is 1. The van der Waals surface area contributed by atoms with Crippen LogP contribution in [0.5, 0.6) is 0 Å². The lowest BCUT2D eigenvalue weighted by Gasteiger charge is -2.37. The topological polar surface area (TPSA) is 79.4 Å². The van der Waals surface area contributed by atoms with Crippen LogP contribution in [0.2, 0.25) is 0 Å². The lowest BCUT2D eigenvalue weighted by molar-refractivity contribution is -0.154. The highest BCUT2D eigenvalue weighted by Gasteiger charge is 2.42. The largest absolute Gasteiger partial charge is 0.401 e. The molecule has 2 saturated carbocycles. The van der Waals surface area contributed by atoms with Crippen molar-refractivity contribution in [2.45, 2.75) is 198 Å². The number of amides is 2. The summed E-state index contributed by atoms with van der Waals surface area (Å²) in [5.41, 5.74) is 0. The predicted molar refractivity (Wildman–Crippen MR) is 337 cm³/mol. The van der Waals surface area contributed by atoms with E-state index in [0.29, 0.717) is 37.8 Å². The Kier molecular flexibility index (Phi) is 38.0. The summed E-state index contributed by atoms with van der Waals surface area (Å²) < 4.78 is 111. The molecule has 8 aliphatic rings. The molecule has 1 N–H and O–H groups in total. The van der Waals surface area contributed by atoms with Gasteiger partial charge in [0.2, 0.25) is 0 Å². The SMILES string of the molecule is CCN(C(=O)N(C)C)C1CCN(C)CC1.CCN(CC(F)(F)F)C1CCN(C)CC1.CCN(CC(F)F)C1CCN(C)CC1.CCN(CCF)C1CCN(C)CC1.CN1CCC(N(CC(F)(F)F)C2CC2)CC1.CN1CCC(N(CCO)C2CC2)CC1. The first-order valence-electron chi connectivity index (χ1n) is 33.6. The van der Waals surface area contributed by atoms with E-state index in [-0.39, 0.29) is 37.4 Å². The van der Waals surface area contributed by atoms with Crippen molar-refractivity contribution in [2.75, 3.05) is 207 Å². The predicted octanol–water partition coefficient (Wildman–Crippen LogP) is 8.73. The molecule has 0 unspecified atom stereocenters. The van der Waals surface area contributed by atoms with Gasteiger partial charge in [-0.3, -0.25) is 24.5 Å². The van der Waals surface area contributed by atoms with Gasteiger partial charge in [0.15, 0.2) is 0 Å². The standard InChI is InChI=1S/C11H19F3N2.C11H23N3O.C11H22N2O.C10H19F3N2.C10H20F2N2.C10H21FN2/c1-15-6-4-10(5-7-15)16(9-2-3-9)8-11(12,13)14;1-5-14(11(15)12(2)3)10-6-8-13(4)9-7-10;1-12-6-4-11(5-7-12)13(8-9-14)10-2-3-10;1-3-15(8-10(11,12)13)9-4-6-14(2)7-5-9;1-3-14(8-10(11)12)9-4-6-13(2)7-5-9;1-3-13(9-6-11)10-4-7-12(2)8-5-10/h9-10H,2-8H2,1H3;10H,5-9H2,1-4H3;10-11,14H,2-9H2,1H3;9H,3-8H2,1-2H3;9-10H,3-8H2,1-2H3;10H,3-9H2,1-2H3. The molecule has 0 spiro atoms. The zero-order valence-corrected chi connectivity index (χ0v) is 56.3. The minimum Gasteiger partial charge on any atom is -0.395 e. The first-order chi connectivity index (χ1) is 41.1. The lowest BCUT2D eigenvalue weighted by Crippen LogP contribution is -2.49. The van der Waals surface area contributed by atoms with Crippen LogP contribution >= 0.6 is 0 Å². The minimum absolute atomic E-state index is 0.0646. The second-order valence-electron chi connectivity index (χ2n) is 26.4. The van der Waals surface area contributed by atoms with Gasteiger partial charge in [0.1, 0.15) is 6.67 Å². The Morgan fingerprint density at radius 2 is 0.724 bits per heavy atom. The summed E-state index contributed by atoms with van der Waals surface area (Å²) in [6.07, 6.45) is 6.95. The van der Waals surface area contributed by atoms with Crippen LogP contribution < -0.4 is 0 Å². The van der Waals surface area contributed by atoms with Crippen LogP contribution in [0.1, 0.15) is 130 Å². The molecule has 24 heteroatoms. The van der Waals surface area contributed by atoms with Gasteiger partial charge < -0.3 is 44.3 Å². The fourth-order valence-corrected chi connectivity index (χ4v) is 13.4.